The summed E-state index contributed by atoms with van der Waals surface area (Å²) in [5.41, 5.74) is 7.14. The average Bonchev–Trinajstić information content (AvgIpc) is 3.11. The van der Waals surface area contributed by atoms with E-state index in [9.17, 15) is 19.2 Å². The molecule has 4 rings (SSSR count). The second-order valence-corrected chi connectivity index (χ2v) is 9.72. The maximum absolute atomic E-state index is 12.9. The maximum Gasteiger partial charge on any atom is 0.338 e. The molecule has 35 heavy (non-hydrogen) atoms. The van der Waals surface area contributed by atoms with Gasteiger partial charge in [-0.05, 0) is 60.7 Å². The lowest BCUT2D eigenvalue weighted by atomic mass is 10.1. The lowest BCUT2D eigenvalue weighted by Gasteiger charge is -2.15. The summed E-state index contributed by atoms with van der Waals surface area (Å²) in [6.45, 7) is -0.482. The van der Waals surface area contributed by atoms with Crippen LogP contribution in [0.25, 0.3) is 0 Å². The third-order valence-corrected chi connectivity index (χ3v) is 7.10. The van der Waals surface area contributed by atoms with Crippen molar-refractivity contribution in [3.05, 3.63) is 87.9 Å². The van der Waals surface area contributed by atoms with Crippen LogP contribution in [0.1, 0.15) is 27.1 Å². The van der Waals surface area contributed by atoms with E-state index in [1.165, 1.54) is 54.2 Å². The quantitative estimate of drug-likeness (QED) is 0.198. The highest BCUT2D eigenvalue weighted by Gasteiger charge is 2.40. The number of nitrogens with two attached hydrogens (primary N) is 1. The van der Waals surface area contributed by atoms with Crippen LogP contribution in [-0.2, 0) is 14.3 Å². The molecule has 1 unspecified atom stereocenters. The third-order valence-electron chi connectivity index (χ3n) is 5.18. The van der Waals surface area contributed by atoms with E-state index in [2.05, 4.69) is 0 Å². The molecule has 1 atom stereocenters. The van der Waals surface area contributed by atoms with Crippen LogP contribution in [0.3, 0.4) is 0 Å². The zero-order valence-electron chi connectivity index (χ0n) is 18.1. The summed E-state index contributed by atoms with van der Waals surface area (Å²) in [4.78, 5) is 52.0. The number of esters is 1. The van der Waals surface area contributed by atoms with E-state index in [4.69, 9.17) is 33.7 Å². The van der Waals surface area contributed by atoms with E-state index in [0.29, 0.717) is 16.4 Å². The summed E-state index contributed by atoms with van der Waals surface area (Å²) in [6.07, 6.45) is 0.0545. The number of imide groups is 1. The molecule has 0 bridgehead atoms. The molecule has 178 valence electrons. The van der Waals surface area contributed by atoms with Crippen LogP contribution in [0, 0.1) is 0 Å². The van der Waals surface area contributed by atoms with Gasteiger partial charge in [0.05, 0.1) is 26.5 Å². The van der Waals surface area contributed by atoms with Gasteiger partial charge in [-0.1, -0.05) is 29.3 Å². The smallest absolute Gasteiger partial charge is 0.338 e. The van der Waals surface area contributed by atoms with Gasteiger partial charge in [-0.25, -0.2) is 9.69 Å². The molecular formula is C25H18Cl2N2O5S. The van der Waals surface area contributed by atoms with Crippen LogP contribution >= 0.6 is 35.0 Å². The molecule has 1 aliphatic rings. The molecule has 1 saturated heterocycles. The van der Waals surface area contributed by atoms with Crippen molar-refractivity contribution in [3.8, 4) is 0 Å². The fraction of sp³-hybridized carbons (Fsp3) is 0.120. The first-order valence-electron chi connectivity index (χ1n) is 10.4. The summed E-state index contributed by atoms with van der Waals surface area (Å²) in [5.74, 6) is -1.84. The molecule has 7 nitrogen and oxygen atoms in total. The zero-order valence-corrected chi connectivity index (χ0v) is 20.4. The molecule has 10 heteroatoms. The Balaban J connectivity index is 1.38. The molecule has 1 fully saturated rings. The number of amides is 2. The Morgan fingerprint density at radius 3 is 2.37 bits per heavy atom. The van der Waals surface area contributed by atoms with Crippen molar-refractivity contribution in [1.82, 2.24) is 0 Å². The fourth-order valence-corrected chi connectivity index (χ4v) is 4.85. The van der Waals surface area contributed by atoms with Gasteiger partial charge in [0, 0.05) is 22.6 Å². The predicted molar refractivity (Wildman–Crippen MR) is 135 cm³/mol. The van der Waals surface area contributed by atoms with Crippen LogP contribution in [0.2, 0.25) is 10.0 Å². The van der Waals surface area contributed by atoms with Crippen LogP contribution in [0.5, 0.6) is 0 Å². The van der Waals surface area contributed by atoms with Crippen LogP contribution < -0.4 is 10.6 Å². The largest absolute Gasteiger partial charge is 0.454 e. The minimum atomic E-state index is -0.723. The van der Waals surface area contributed by atoms with Crippen LogP contribution in [-0.4, -0.2) is 35.4 Å². The number of Topliss-reactive ketones (excluding diaryl/α,β-unsaturated/α-hetero) is 1. The normalized spacial score (nSPS) is 15.4. The number of halogens is 2. The monoisotopic (exact) mass is 528 g/mol. The standard InChI is InChI=1S/C25H18Cl2N2O5S/c26-19-9-6-15(10-20(19)27)21(30)13-34-25(33)14-4-7-17(8-5-14)29-23(31)12-22(24(29)32)35-18-3-1-2-16(28)11-18/h1-11,22H,12-13,28H2. The van der Waals surface area contributed by atoms with Gasteiger partial charge < -0.3 is 10.5 Å². The molecule has 0 aromatic heterocycles. The van der Waals surface area contributed by atoms with Gasteiger partial charge in [0.25, 0.3) is 0 Å². The molecule has 0 spiro atoms. The van der Waals surface area contributed by atoms with Gasteiger partial charge in [0.15, 0.2) is 12.4 Å². The number of nitrogens with zero attached hydrogens (tertiary/aromatic N) is 1. The Hall–Kier alpha value is -3.33. The van der Waals surface area contributed by atoms with Crippen molar-refractivity contribution in [2.45, 2.75) is 16.6 Å². The zero-order chi connectivity index (χ0) is 25.1. The van der Waals surface area contributed by atoms with Crippen LogP contribution in [0.4, 0.5) is 11.4 Å². The van der Waals surface area contributed by atoms with E-state index < -0.39 is 23.6 Å². The fourth-order valence-electron chi connectivity index (χ4n) is 3.43. The summed E-state index contributed by atoms with van der Waals surface area (Å²) >= 11 is 13.0. The first kappa shape index (κ1) is 24.8. The number of benzene rings is 3. The Kier molecular flexibility index (Phi) is 7.45. The Morgan fingerprint density at radius 1 is 0.971 bits per heavy atom. The predicted octanol–water partition coefficient (Wildman–Crippen LogP) is 5.04. The highest BCUT2D eigenvalue weighted by molar-refractivity contribution is 8.00. The van der Waals surface area contributed by atoms with Crippen molar-refractivity contribution in [1.29, 1.82) is 0 Å². The van der Waals surface area contributed by atoms with Crippen molar-refractivity contribution >= 4 is 69.9 Å². The average molecular weight is 529 g/mol. The summed E-state index contributed by atoms with van der Waals surface area (Å²) < 4.78 is 5.09. The highest BCUT2D eigenvalue weighted by atomic mass is 35.5. The Bertz CT molecular complexity index is 1330. The number of carbonyl (C=O) groups is 4. The van der Waals surface area contributed by atoms with E-state index in [0.717, 1.165) is 9.80 Å². The first-order valence-corrected chi connectivity index (χ1v) is 12.0. The second kappa shape index (κ2) is 10.5. The van der Waals surface area contributed by atoms with E-state index in [1.54, 1.807) is 18.2 Å². The summed E-state index contributed by atoms with van der Waals surface area (Å²) in [7, 11) is 0. The summed E-state index contributed by atoms with van der Waals surface area (Å²) in [6, 6.07) is 17.3. The lowest BCUT2D eigenvalue weighted by Crippen LogP contribution is -2.31. The second-order valence-electron chi connectivity index (χ2n) is 7.63. The number of hydrogen-bond acceptors (Lipinski definition) is 7. The minimum Gasteiger partial charge on any atom is -0.454 e. The number of hydrogen-bond donors (Lipinski definition) is 1. The number of anilines is 2. The summed E-state index contributed by atoms with van der Waals surface area (Å²) in [5, 5.41) is -0.0368. The van der Waals surface area contributed by atoms with Gasteiger partial charge in [-0.3, -0.25) is 14.4 Å². The van der Waals surface area contributed by atoms with E-state index >= 15 is 0 Å². The SMILES string of the molecule is Nc1cccc(SC2CC(=O)N(c3ccc(C(=O)OCC(=O)c4ccc(Cl)c(Cl)c4)cc3)C2=O)c1. The van der Waals surface area contributed by atoms with Gasteiger partial charge >= 0.3 is 5.97 Å². The van der Waals surface area contributed by atoms with Crippen molar-refractivity contribution < 1.29 is 23.9 Å². The minimum absolute atomic E-state index is 0.0545. The molecule has 0 aliphatic carbocycles. The number of nitrogen functional groups attached to an aromatic ring is 1. The highest BCUT2D eigenvalue weighted by Crippen LogP contribution is 2.34. The van der Waals surface area contributed by atoms with Crippen molar-refractivity contribution in [3.63, 3.8) is 0 Å². The lowest BCUT2D eigenvalue weighted by molar-refractivity contribution is -0.121. The molecule has 0 radical (unpaired) electrons. The number of carbonyl (C=O) groups excluding carboxylic acids is 4. The van der Waals surface area contributed by atoms with Crippen molar-refractivity contribution in [2.24, 2.45) is 0 Å². The molecular weight excluding hydrogens is 511 g/mol. The number of thioether (sulfide) groups is 1. The molecule has 1 aliphatic heterocycles. The van der Waals surface area contributed by atoms with Gasteiger partial charge in [0.2, 0.25) is 11.8 Å². The molecule has 3 aromatic carbocycles. The third kappa shape index (κ3) is 5.67. The Morgan fingerprint density at radius 2 is 1.69 bits per heavy atom. The number of rotatable bonds is 7. The maximum atomic E-state index is 12.9. The Labute approximate surface area is 215 Å². The molecule has 2 N–H and O–H groups in total. The van der Waals surface area contributed by atoms with Gasteiger partial charge in [0.1, 0.15) is 0 Å². The van der Waals surface area contributed by atoms with Gasteiger partial charge in [-0.2, -0.15) is 0 Å². The molecule has 0 saturated carbocycles. The topological polar surface area (TPSA) is 107 Å². The van der Waals surface area contributed by atoms with Gasteiger partial charge in [-0.15, -0.1) is 11.8 Å². The van der Waals surface area contributed by atoms with E-state index in [-0.39, 0.29) is 34.4 Å². The first-order chi connectivity index (χ1) is 16.7. The molecule has 1 heterocycles. The number of ketones is 1. The number of ether oxygens (including phenoxy) is 1. The molecule has 3 aromatic rings. The van der Waals surface area contributed by atoms with Crippen molar-refractivity contribution in [2.75, 3.05) is 17.2 Å². The molecule has 2 amide bonds. The van der Waals surface area contributed by atoms with E-state index in [1.807, 2.05) is 6.07 Å². The van der Waals surface area contributed by atoms with Crippen LogP contribution in [0.15, 0.2) is 71.6 Å².